The van der Waals surface area contributed by atoms with Crippen LogP contribution < -0.4 is 4.74 Å². The number of ether oxygens (including phenoxy) is 1. The van der Waals surface area contributed by atoms with Crippen molar-refractivity contribution in [3.05, 3.63) is 47.5 Å². The number of benzene rings is 1. The molecule has 0 aliphatic rings. The lowest BCUT2D eigenvalue weighted by atomic mass is 9.78. The third-order valence-corrected chi connectivity index (χ3v) is 3.70. The number of hydrogen-bond donors (Lipinski definition) is 1. The van der Waals surface area contributed by atoms with E-state index in [1.165, 1.54) is 19.2 Å². The SMILES string of the molecule is COc1cnn(C)c1C(O)C(C)(C)c1ccc(F)cc1. The van der Waals surface area contributed by atoms with Gasteiger partial charge >= 0.3 is 0 Å². The quantitative estimate of drug-likeness (QED) is 0.935. The third kappa shape index (κ3) is 2.41. The summed E-state index contributed by atoms with van der Waals surface area (Å²) in [6.07, 6.45) is 0.745. The normalized spacial score (nSPS) is 13.3. The number of aromatic nitrogens is 2. The van der Waals surface area contributed by atoms with E-state index in [1.807, 2.05) is 13.8 Å². The molecule has 1 N–H and O–H groups in total. The Balaban J connectivity index is 2.42. The van der Waals surface area contributed by atoms with E-state index >= 15 is 0 Å². The van der Waals surface area contributed by atoms with Gasteiger partial charge in [-0.05, 0) is 17.7 Å². The smallest absolute Gasteiger partial charge is 0.162 e. The molecule has 4 nitrogen and oxygen atoms in total. The van der Waals surface area contributed by atoms with Crippen molar-refractivity contribution < 1.29 is 14.2 Å². The predicted molar refractivity (Wildman–Crippen MR) is 74.1 cm³/mol. The maximum absolute atomic E-state index is 13.0. The Hall–Kier alpha value is -1.88. The Labute approximate surface area is 117 Å². The minimum absolute atomic E-state index is 0.294. The molecule has 108 valence electrons. The van der Waals surface area contributed by atoms with Gasteiger partial charge in [-0.25, -0.2) is 4.39 Å². The molecule has 1 aromatic heterocycles. The van der Waals surface area contributed by atoms with Gasteiger partial charge in [0.15, 0.2) is 5.75 Å². The van der Waals surface area contributed by atoms with E-state index in [0.717, 1.165) is 5.56 Å². The largest absolute Gasteiger partial charge is 0.493 e. The van der Waals surface area contributed by atoms with Crippen molar-refractivity contribution in [3.8, 4) is 5.75 Å². The molecular weight excluding hydrogens is 259 g/mol. The zero-order valence-corrected chi connectivity index (χ0v) is 12.1. The van der Waals surface area contributed by atoms with Crippen molar-refractivity contribution >= 4 is 0 Å². The van der Waals surface area contributed by atoms with E-state index in [2.05, 4.69) is 5.10 Å². The second-order valence-corrected chi connectivity index (χ2v) is 5.35. The Bertz CT molecular complexity index is 590. The molecule has 1 heterocycles. The van der Waals surface area contributed by atoms with Crippen LogP contribution in [-0.2, 0) is 12.5 Å². The van der Waals surface area contributed by atoms with Crippen LogP contribution in [0.15, 0.2) is 30.5 Å². The fourth-order valence-corrected chi connectivity index (χ4v) is 2.27. The third-order valence-electron chi connectivity index (χ3n) is 3.70. The van der Waals surface area contributed by atoms with Gasteiger partial charge in [0.25, 0.3) is 0 Å². The summed E-state index contributed by atoms with van der Waals surface area (Å²) < 4.78 is 19.9. The Morgan fingerprint density at radius 1 is 1.30 bits per heavy atom. The van der Waals surface area contributed by atoms with Crippen LogP contribution in [0.3, 0.4) is 0 Å². The van der Waals surface area contributed by atoms with Crippen LogP contribution in [-0.4, -0.2) is 22.0 Å². The molecule has 0 spiro atoms. The van der Waals surface area contributed by atoms with Crippen molar-refractivity contribution in [3.63, 3.8) is 0 Å². The molecule has 1 atom stereocenters. The van der Waals surface area contributed by atoms with Crippen LogP contribution in [0.2, 0.25) is 0 Å². The molecule has 0 bridgehead atoms. The number of nitrogens with zero attached hydrogens (tertiary/aromatic N) is 2. The summed E-state index contributed by atoms with van der Waals surface area (Å²) in [5.41, 5.74) is 0.839. The topological polar surface area (TPSA) is 47.3 Å². The van der Waals surface area contributed by atoms with E-state index in [1.54, 1.807) is 30.1 Å². The first-order chi connectivity index (χ1) is 9.37. The molecular formula is C15H19FN2O2. The molecule has 0 radical (unpaired) electrons. The summed E-state index contributed by atoms with van der Waals surface area (Å²) in [6, 6.07) is 6.15. The van der Waals surface area contributed by atoms with E-state index in [-0.39, 0.29) is 5.82 Å². The summed E-state index contributed by atoms with van der Waals surface area (Å²) in [5, 5.41) is 14.8. The average Bonchev–Trinajstić information content (AvgIpc) is 2.79. The van der Waals surface area contributed by atoms with E-state index in [9.17, 15) is 9.50 Å². The first-order valence-electron chi connectivity index (χ1n) is 6.38. The van der Waals surface area contributed by atoms with Crippen LogP contribution in [0.25, 0.3) is 0 Å². The summed E-state index contributed by atoms with van der Waals surface area (Å²) in [4.78, 5) is 0. The number of methoxy groups -OCH3 is 1. The lowest BCUT2D eigenvalue weighted by molar-refractivity contribution is 0.0894. The number of halogens is 1. The molecule has 1 unspecified atom stereocenters. The van der Waals surface area contributed by atoms with Gasteiger partial charge in [0.1, 0.15) is 17.6 Å². The molecule has 0 saturated carbocycles. The standard InChI is InChI=1S/C15H19FN2O2/c1-15(2,10-5-7-11(16)8-6-10)14(19)13-12(20-4)9-17-18(13)3/h5-9,14,19H,1-4H3. The van der Waals surface area contributed by atoms with Crippen molar-refractivity contribution in [2.45, 2.75) is 25.4 Å². The fourth-order valence-electron chi connectivity index (χ4n) is 2.27. The van der Waals surface area contributed by atoms with Gasteiger partial charge in [-0.2, -0.15) is 5.10 Å². The highest BCUT2D eigenvalue weighted by atomic mass is 19.1. The van der Waals surface area contributed by atoms with E-state index in [0.29, 0.717) is 11.4 Å². The van der Waals surface area contributed by atoms with Crippen LogP contribution in [0, 0.1) is 5.82 Å². The van der Waals surface area contributed by atoms with Crippen molar-refractivity contribution in [1.82, 2.24) is 9.78 Å². The zero-order valence-electron chi connectivity index (χ0n) is 12.1. The fraction of sp³-hybridized carbons (Fsp3) is 0.400. The summed E-state index contributed by atoms with van der Waals surface area (Å²) in [6.45, 7) is 3.80. The van der Waals surface area contributed by atoms with Gasteiger partial charge in [0.05, 0.1) is 13.3 Å². The van der Waals surface area contributed by atoms with Crippen molar-refractivity contribution in [2.75, 3.05) is 7.11 Å². The summed E-state index contributed by atoms with van der Waals surface area (Å²) in [7, 11) is 3.29. The predicted octanol–water partition coefficient (Wildman–Crippen LogP) is 2.58. The zero-order chi connectivity index (χ0) is 14.9. The monoisotopic (exact) mass is 278 g/mol. The Morgan fingerprint density at radius 3 is 2.45 bits per heavy atom. The highest BCUT2D eigenvalue weighted by molar-refractivity contribution is 5.34. The number of aliphatic hydroxyl groups is 1. The molecule has 5 heteroatoms. The minimum atomic E-state index is -0.824. The van der Waals surface area contributed by atoms with Crippen LogP contribution in [0.5, 0.6) is 5.75 Å². The van der Waals surface area contributed by atoms with Crippen LogP contribution in [0.1, 0.15) is 31.2 Å². The van der Waals surface area contributed by atoms with Gasteiger partial charge in [-0.1, -0.05) is 26.0 Å². The average molecular weight is 278 g/mol. The molecule has 20 heavy (non-hydrogen) atoms. The number of hydrogen-bond acceptors (Lipinski definition) is 3. The van der Waals surface area contributed by atoms with E-state index < -0.39 is 11.5 Å². The maximum Gasteiger partial charge on any atom is 0.162 e. The molecule has 0 fully saturated rings. The molecule has 0 aliphatic carbocycles. The van der Waals surface area contributed by atoms with Crippen LogP contribution >= 0.6 is 0 Å². The molecule has 2 rings (SSSR count). The number of aryl methyl sites for hydroxylation is 1. The second kappa shape index (κ2) is 5.25. The van der Waals surface area contributed by atoms with Crippen LogP contribution in [0.4, 0.5) is 4.39 Å². The first kappa shape index (κ1) is 14.5. The lowest BCUT2D eigenvalue weighted by Gasteiger charge is -2.31. The maximum atomic E-state index is 13.0. The Kier molecular flexibility index (Phi) is 3.81. The van der Waals surface area contributed by atoms with Gasteiger partial charge in [-0.3, -0.25) is 4.68 Å². The highest BCUT2D eigenvalue weighted by Crippen LogP contribution is 2.39. The highest BCUT2D eigenvalue weighted by Gasteiger charge is 2.35. The first-order valence-corrected chi connectivity index (χ1v) is 6.38. The van der Waals surface area contributed by atoms with E-state index in [4.69, 9.17) is 4.74 Å². The molecule has 0 saturated heterocycles. The van der Waals surface area contributed by atoms with Crippen molar-refractivity contribution in [1.29, 1.82) is 0 Å². The lowest BCUT2D eigenvalue weighted by Crippen LogP contribution is -2.28. The minimum Gasteiger partial charge on any atom is -0.493 e. The molecule has 0 aliphatic heterocycles. The van der Waals surface area contributed by atoms with Gasteiger partial charge in [-0.15, -0.1) is 0 Å². The molecule has 0 amide bonds. The van der Waals surface area contributed by atoms with Gasteiger partial charge < -0.3 is 9.84 Å². The van der Waals surface area contributed by atoms with Crippen molar-refractivity contribution in [2.24, 2.45) is 7.05 Å². The molecule has 1 aromatic carbocycles. The van der Waals surface area contributed by atoms with Gasteiger partial charge in [0, 0.05) is 12.5 Å². The summed E-state index contributed by atoms with van der Waals surface area (Å²) >= 11 is 0. The second-order valence-electron chi connectivity index (χ2n) is 5.35. The number of rotatable bonds is 4. The summed E-state index contributed by atoms with van der Waals surface area (Å²) in [5.74, 6) is 0.243. The molecule has 2 aromatic rings. The number of aliphatic hydroxyl groups excluding tert-OH is 1. The van der Waals surface area contributed by atoms with Gasteiger partial charge in [0.2, 0.25) is 0 Å². The Morgan fingerprint density at radius 2 is 1.90 bits per heavy atom.